The van der Waals surface area contributed by atoms with Crippen molar-refractivity contribution in [3.8, 4) is 0 Å². The minimum absolute atomic E-state index is 0.0250. The third-order valence-corrected chi connectivity index (χ3v) is 6.18. The molecule has 33 heavy (non-hydrogen) atoms. The topological polar surface area (TPSA) is 65.5 Å². The van der Waals surface area contributed by atoms with E-state index in [-0.39, 0.29) is 5.91 Å². The Morgan fingerprint density at radius 2 is 1.79 bits per heavy atom. The van der Waals surface area contributed by atoms with E-state index in [0.29, 0.717) is 42.6 Å². The van der Waals surface area contributed by atoms with Crippen LogP contribution in [0.15, 0.2) is 60.1 Å². The van der Waals surface area contributed by atoms with Crippen molar-refractivity contribution in [1.82, 2.24) is 9.88 Å². The Bertz CT molecular complexity index is 1120. The molecule has 4 rings (SSSR count). The van der Waals surface area contributed by atoms with Crippen LogP contribution in [0.5, 0.6) is 0 Å². The summed E-state index contributed by atoms with van der Waals surface area (Å²) in [5.74, 6) is -0.152. The number of benzene rings is 1. The van der Waals surface area contributed by atoms with Gasteiger partial charge in [-0.3, -0.25) is 9.59 Å². The normalized spacial score (nSPS) is 14.6. The summed E-state index contributed by atoms with van der Waals surface area (Å²) in [6.07, 6.45) is -2.42. The molecule has 0 unspecified atom stereocenters. The highest BCUT2D eigenvalue weighted by atomic mass is 32.1. The van der Waals surface area contributed by atoms with Gasteiger partial charge in [-0.1, -0.05) is 18.2 Å². The van der Waals surface area contributed by atoms with Gasteiger partial charge in [0, 0.05) is 26.2 Å². The summed E-state index contributed by atoms with van der Waals surface area (Å²) in [7, 11) is 0. The molecule has 0 radical (unpaired) electrons. The Morgan fingerprint density at radius 1 is 0.970 bits per heavy atom. The Hall–Kier alpha value is -3.40. The van der Waals surface area contributed by atoms with Crippen LogP contribution >= 0.6 is 11.3 Å². The van der Waals surface area contributed by atoms with Crippen molar-refractivity contribution in [3.05, 3.63) is 76.1 Å². The van der Waals surface area contributed by atoms with Crippen molar-refractivity contribution in [3.63, 3.8) is 0 Å². The van der Waals surface area contributed by atoms with Gasteiger partial charge in [-0.15, -0.1) is 11.3 Å². The molecular weight excluding hydrogens is 453 g/mol. The number of nitrogens with one attached hydrogen (secondary N) is 1. The third kappa shape index (κ3) is 5.33. The lowest BCUT2D eigenvalue weighted by Crippen LogP contribution is -2.35. The van der Waals surface area contributed by atoms with Crippen LogP contribution in [0.2, 0.25) is 0 Å². The van der Waals surface area contributed by atoms with Gasteiger partial charge in [-0.2, -0.15) is 13.2 Å². The third-order valence-electron chi connectivity index (χ3n) is 5.32. The van der Waals surface area contributed by atoms with E-state index < -0.39 is 23.2 Å². The second-order valence-electron chi connectivity index (χ2n) is 7.51. The summed E-state index contributed by atoms with van der Waals surface area (Å²) >= 11 is 1.42. The highest BCUT2D eigenvalue weighted by Gasteiger charge is 2.34. The molecule has 3 aromatic rings. The van der Waals surface area contributed by atoms with Gasteiger partial charge in [0.2, 0.25) is 0 Å². The smallest absolute Gasteiger partial charge is 0.355 e. The van der Waals surface area contributed by atoms with E-state index in [0.717, 1.165) is 18.6 Å². The lowest BCUT2D eigenvalue weighted by molar-refractivity contribution is -0.137. The number of nitrogens with zero attached hydrogens (tertiary/aromatic N) is 3. The maximum Gasteiger partial charge on any atom is 0.417 e. The minimum atomic E-state index is -4.62. The number of carbonyl (C=O) groups is 2. The quantitative estimate of drug-likeness (QED) is 0.592. The fourth-order valence-corrected chi connectivity index (χ4v) is 4.37. The fraction of sp³-hybridized carbons (Fsp3) is 0.261. The number of halogens is 3. The first-order chi connectivity index (χ1) is 15.8. The van der Waals surface area contributed by atoms with Crippen molar-refractivity contribution in [2.75, 3.05) is 36.4 Å². The number of carbonyl (C=O) groups excluding carboxylic acids is 2. The molecule has 1 aliphatic rings. The Morgan fingerprint density at radius 3 is 2.48 bits per heavy atom. The molecule has 0 bridgehead atoms. The van der Waals surface area contributed by atoms with Gasteiger partial charge in [0.15, 0.2) is 0 Å². The molecule has 1 aromatic carbocycles. The first-order valence-corrected chi connectivity index (χ1v) is 11.2. The summed E-state index contributed by atoms with van der Waals surface area (Å²) < 4.78 is 39.5. The number of anilines is 2. The van der Waals surface area contributed by atoms with Crippen LogP contribution in [-0.4, -0.2) is 47.9 Å². The highest BCUT2D eigenvalue weighted by molar-refractivity contribution is 7.12. The van der Waals surface area contributed by atoms with E-state index in [2.05, 4.69) is 10.3 Å². The lowest BCUT2D eigenvalue weighted by atomic mass is 10.1. The molecule has 0 aliphatic carbocycles. The fourth-order valence-electron chi connectivity index (χ4n) is 3.68. The molecule has 1 saturated heterocycles. The maximum atomic E-state index is 13.2. The van der Waals surface area contributed by atoms with Crippen LogP contribution in [-0.2, 0) is 6.18 Å². The summed E-state index contributed by atoms with van der Waals surface area (Å²) in [6.45, 7) is 2.53. The van der Waals surface area contributed by atoms with Gasteiger partial charge in [0.1, 0.15) is 5.82 Å². The second kappa shape index (κ2) is 9.62. The Kier molecular flexibility index (Phi) is 6.64. The molecule has 10 heteroatoms. The largest absolute Gasteiger partial charge is 0.417 e. The second-order valence-corrected chi connectivity index (χ2v) is 8.46. The standard InChI is InChI=1S/C23H21F3N4O2S/c24-23(25,26)18-6-2-1-5-17(18)21(31)28-16-8-9-20(27-15-16)29-10-4-11-30(13-12-29)22(32)19-7-3-14-33-19/h1-3,5-9,14-15H,4,10-13H2,(H,28,31). The number of aromatic nitrogens is 1. The zero-order valence-electron chi connectivity index (χ0n) is 17.5. The summed E-state index contributed by atoms with van der Waals surface area (Å²) in [5.41, 5.74) is -1.14. The number of pyridine rings is 1. The number of hydrogen-bond donors (Lipinski definition) is 1. The van der Waals surface area contributed by atoms with Crippen molar-refractivity contribution >= 4 is 34.7 Å². The Labute approximate surface area is 192 Å². The number of amides is 2. The SMILES string of the molecule is O=C(Nc1ccc(N2CCCN(C(=O)c3cccs3)CC2)nc1)c1ccccc1C(F)(F)F. The van der Waals surface area contributed by atoms with Gasteiger partial charge >= 0.3 is 6.18 Å². The molecular formula is C23H21F3N4O2S. The Balaban J connectivity index is 1.40. The molecule has 0 spiro atoms. The van der Waals surface area contributed by atoms with Gasteiger partial charge in [-0.25, -0.2) is 4.98 Å². The average Bonchev–Trinajstić information content (AvgIpc) is 3.23. The van der Waals surface area contributed by atoms with Crippen molar-refractivity contribution < 1.29 is 22.8 Å². The van der Waals surface area contributed by atoms with Crippen LogP contribution in [0.25, 0.3) is 0 Å². The first kappa shape index (κ1) is 22.8. The predicted molar refractivity (Wildman–Crippen MR) is 121 cm³/mol. The molecule has 1 aliphatic heterocycles. The summed E-state index contributed by atoms with van der Waals surface area (Å²) in [5, 5.41) is 4.36. The van der Waals surface area contributed by atoms with Gasteiger partial charge in [0.25, 0.3) is 11.8 Å². The zero-order valence-corrected chi connectivity index (χ0v) is 18.3. The monoisotopic (exact) mass is 474 g/mol. The molecule has 172 valence electrons. The van der Waals surface area contributed by atoms with Crippen LogP contribution < -0.4 is 10.2 Å². The molecule has 2 amide bonds. The van der Waals surface area contributed by atoms with Crippen LogP contribution in [0.3, 0.4) is 0 Å². The molecule has 1 fully saturated rings. The molecule has 0 saturated carbocycles. The van der Waals surface area contributed by atoms with Crippen LogP contribution in [0.4, 0.5) is 24.7 Å². The molecule has 3 heterocycles. The van der Waals surface area contributed by atoms with Crippen molar-refractivity contribution in [2.24, 2.45) is 0 Å². The van der Waals surface area contributed by atoms with E-state index in [9.17, 15) is 22.8 Å². The van der Waals surface area contributed by atoms with Crippen molar-refractivity contribution in [1.29, 1.82) is 0 Å². The molecule has 6 nitrogen and oxygen atoms in total. The molecule has 1 N–H and O–H groups in total. The van der Waals surface area contributed by atoms with Crippen LogP contribution in [0.1, 0.15) is 32.0 Å². The summed E-state index contributed by atoms with van der Waals surface area (Å²) in [4.78, 5) is 34.0. The van der Waals surface area contributed by atoms with Crippen LogP contribution in [0, 0.1) is 0 Å². The van der Waals surface area contributed by atoms with Gasteiger partial charge in [-0.05, 0) is 42.1 Å². The van der Waals surface area contributed by atoms with Crippen molar-refractivity contribution in [2.45, 2.75) is 12.6 Å². The van der Waals surface area contributed by atoms with E-state index >= 15 is 0 Å². The van der Waals surface area contributed by atoms with Gasteiger partial charge in [0.05, 0.1) is 27.9 Å². The number of rotatable bonds is 4. The number of thiophene rings is 1. The van der Waals surface area contributed by atoms with E-state index in [4.69, 9.17) is 0 Å². The van der Waals surface area contributed by atoms with Gasteiger partial charge < -0.3 is 15.1 Å². The zero-order chi connectivity index (χ0) is 23.4. The van der Waals surface area contributed by atoms with E-state index in [1.807, 2.05) is 27.3 Å². The minimum Gasteiger partial charge on any atom is -0.355 e. The summed E-state index contributed by atoms with van der Waals surface area (Å²) in [6, 6.07) is 11.6. The molecule has 2 aromatic heterocycles. The number of hydrogen-bond acceptors (Lipinski definition) is 5. The number of alkyl halides is 3. The highest BCUT2D eigenvalue weighted by Crippen LogP contribution is 2.32. The maximum absolute atomic E-state index is 13.2. The van der Waals surface area contributed by atoms with E-state index in [1.54, 1.807) is 12.1 Å². The molecule has 0 atom stereocenters. The first-order valence-electron chi connectivity index (χ1n) is 10.3. The average molecular weight is 475 g/mol. The lowest BCUT2D eigenvalue weighted by Gasteiger charge is -2.22. The predicted octanol–water partition coefficient (Wildman–Crippen LogP) is 4.77. The van der Waals surface area contributed by atoms with E-state index in [1.165, 1.54) is 29.7 Å².